The first kappa shape index (κ1) is 52.3. The summed E-state index contributed by atoms with van der Waals surface area (Å²) < 4.78 is 0. The molecule has 0 spiro atoms. The number of unbranched alkanes of at least 4 members (excludes halogenated alkanes) is 37. The average molecular weight is 752 g/mol. The summed E-state index contributed by atoms with van der Waals surface area (Å²) in [6, 6.07) is -0.803. The third-order valence-electron chi connectivity index (χ3n) is 11.7. The van der Waals surface area contributed by atoms with Crippen LogP contribution in [0.2, 0.25) is 0 Å². The van der Waals surface area contributed by atoms with Crippen molar-refractivity contribution in [2.45, 2.75) is 295 Å². The van der Waals surface area contributed by atoms with E-state index < -0.39 is 18.2 Å². The van der Waals surface area contributed by atoms with Crippen LogP contribution in [-0.2, 0) is 4.79 Å². The molecule has 1 amide bonds. The van der Waals surface area contributed by atoms with Gasteiger partial charge in [0.05, 0.1) is 18.8 Å². The number of carbonyl (C=O) groups excluding carboxylic acids is 1. The first-order valence-corrected chi connectivity index (χ1v) is 24.3. The zero-order chi connectivity index (χ0) is 38.7. The second kappa shape index (κ2) is 44.1. The molecular formula is C48H97NO4. The van der Waals surface area contributed by atoms with Crippen molar-refractivity contribution in [2.75, 3.05) is 6.61 Å². The van der Waals surface area contributed by atoms with Crippen LogP contribution < -0.4 is 5.32 Å². The molecular weight excluding hydrogens is 655 g/mol. The molecule has 0 aliphatic carbocycles. The van der Waals surface area contributed by atoms with E-state index in [1.165, 1.54) is 218 Å². The number of amides is 1. The molecule has 3 unspecified atom stereocenters. The van der Waals surface area contributed by atoms with E-state index in [0.717, 1.165) is 32.1 Å². The molecule has 5 nitrogen and oxygen atoms in total. The van der Waals surface area contributed by atoms with E-state index in [4.69, 9.17) is 0 Å². The highest BCUT2D eigenvalue weighted by Gasteiger charge is 2.26. The average Bonchev–Trinajstić information content (AvgIpc) is 3.16. The molecule has 0 bridgehead atoms. The molecule has 4 N–H and O–H groups in total. The number of carbonyl (C=O) groups is 1. The molecule has 53 heavy (non-hydrogen) atoms. The Hall–Kier alpha value is -0.650. The fourth-order valence-electron chi connectivity index (χ4n) is 7.93. The highest BCUT2D eigenvalue weighted by Crippen LogP contribution is 2.18. The van der Waals surface area contributed by atoms with Gasteiger partial charge in [-0.15, -0.1) is 0 Å². The Bertz CT molecular complexity index is 703. The number of nitrogens with one attached hydrogen (secondary N) is 1. The smallest absolute Gasteiger partial charge is 0.220 e. The van der Waals surface area contributed by atoms with E-state index in [2.05, 4.69) is 19.2 Å². The molecule has 0 fully saturated rings. The quantitative estimate of drug-likeness (QED) is 0.0466. The Morgan fingerprint density at radius 3 is 0.906 bits per heavy atom. The number of hydrogen-bond acceptors (Lipinski definition) is 4. The molecule has 5 heteroatoms. The fraction of sp³-hybridized carbons (Fsp3) is 0.979. The molecule has 0 aromatic rings. The van der Waals surface area contributed by atoms with Crippen LogP contribution in [0.1, 0.15) is 277 Å². The Morgan fingerprint density at radius 1 is 0.396 bits per heavy atom. The summed E-state index contributed by atoms with van der Waals surface area (Å²) in [6.45, 7) is 4.21. The lowest BCUT2D eigenvalue weighted by Gasteiger charge is -2.26. The lowest BCUT2D eigenvalue weighted by molar-refractivity contribution is -0.124. The van der Waals surface area contributed by atoms with Crippen molar-refractivity contribution >= 4 is 5.91 Å². The molecule has 0 radical (unpaired) electrons. The van der Waals surface area contributed by atoms with Gasteiger partial charge >= 0.3 is 0 Å². The Kier molecular flexibility index (Phi) is 43.5. The minimum absolute atomic E-state index is 0.138. The molecule has 0 aromatic heterocycles. The summed E-state index contributed by atoms with van der Waals surface area (Å²) in [5.41, 5.74) is 0. The molecule has 0 aliphatic rings. The molecule has 0 saturated heterocycles. The van der Waals surface area contributed by atoms with Gasteiger partial charge in [0.25, 0.3) is 0 Å². The van der Waals surface area contributed by atoms with Gasteiger partial charge in [-0.1, -0.05) is 258 Å². The molecule has 0 rings (SSSR count). The fourth-order valence-corrected chi connectivity index (χ4v) is 7.93. The van der Waals surface area contributed by atoms with E-state index in [1.807, 2.05) is 0 Å². The normalized spacial score (nSPS) is 13.4. The third-order valence-corrected chi connectivity index (χ3v) is 11.7. The lowest BCUT2D eigenvalue weighted by Crippen LogP contribution is -2.50. The monoisotopic (exact) mass is 752 g/mol. The van der Waals surface area contributed by atoms with Crippen molar-refractivity contribution in [1.29, 1.82) is 0 Å². The lowest BCUT2D eigenvalue weighted by atomic mass is 9.99. The van der Waals surface area contributed by atoms with Crippen LogP contribution in [0.3, 0.4) is 0 Å². The van der Waals surface area contributed by atoms with Gasteiger partial charge in [0.15, 0.2) is 0 Å². The van der Waals surface area contributed by atoms with E-state index >= 15 is 0 Å². The summed E-state index contributed by atoms with van der Waals surface area (Å²) >= 11 is 0. The van der Waals surface area contributed by atoms with Crippen molar-refractivity contribution in [1.82, 2.24) is 5.32 Å². The van der Waals surface area contributed by atoms with Crippen molar-refractivity contribution in [2.24, 2.45) is 0 Å². The molecule has 0 saturated carbocycles. The SMILES string of the molecule is CCCCCCCCCCCCCCCCCCCCCCCCC(O)C(O)C(CO)NC(=O)CCCCCCCCCCCCCCCCCCC. The number of aliphatic hydroxyl groups excluding tert-OH is 3. The third kappa shape index (κ3) is 39.4. The maximum Gasteiger partial charge on any atom is 0.220 e. The van der Waals surface area contributed by atoms with E-state index in [-0.39, 0.29) is 12.5 Å². The number of rotatable bonds is 45. The van der Waals surface area contributed by atoms with E-state index in [0.29, 0.717) is 12.8 Å². The summed E-state index contributed by atoms with van der Waals surface area (Å²) in [4.78, 5) is 12.4. The Morgan fingerprint density at radius 2 is 0.642 bits per heavy atom. The second-order valence-corrected chi connectivity index (χ2v) is 17.0. The first-order chi connectivity index (χ1) is 26.1. The minimum Gasteiger partial charge on any atom is -0.394 e. The predicted molar refractivity (Wildman–Crippen MR) is 232 cm³/mol. The molecule has 3 atom stereocenters. The molecule has 0 heterocycles. The summed E-state index contributed by atoms with van der Waals surface area (Å²) in [5.74, 6) is -0.138. The van der Waals surface area contributed by atoms with Crippen LogP contribution in [0.25, 0.3) is 0 Å². The van der Waals surface area contributed by atoms with Gasteiger partial charge in [-0.05, 0) is 12.8 Å². The number of hydrogen-bond donors (Lipinski definition) is 4. The molecule has 0 aromatic carbocycles. The Balaban J connectivity index is 3.54. The van der Waals surface area contributed by atoms with Gasteiger partial charge < -0.3 is 20.6 Å². The van der Waals surface area contributed by atoms with Gasteiger partial charge in [0.1, 0.15) is 6.10 Å². The van der Waals surface area contributed by atoms with Gasteiger partial charge in [-0.3, -0.25) is 4.79 Å². The van der Waals surface area contributed by atoms with Crippen LogP contribution in [0.4, 0.5) is 0 Å². The van der Waals surface area contributed by atoms with Crippen LogP contribution in [0.15, 0.2) is 0 Å². The van der Waals surface area contributed by atoms with Crippen LogP contribution in [0, 0.1) is 0 Å². The van der Waals surface area contributed by atoms with Gasteiger partial charge in [-0.25, -0.2) is 0 Å². The van der Waals surface area contributed by atoms with Crippen LogP contribution in [0.5, 0.6) is 0 Å². The molecule has 318 valence electrons. The Labute approximate surface area is 332 Å². The maximum absolute atomic E-state index is 12.4. The summed E-state index contributed by atoms with van der Waals surface area (Å²) in [5, 5.41) is 33.7. The maximum atomic E-state index is 12.4. The highest BCUT2D eigenvalue weighted by atomic mass is 16.3. The van der Waals surface area contributed by atoms with Crippen molar-refractivity contribution < 1.29 is 20.1 Å². The van der Waals surface area contributed by atoms with Crippen molar-refractivity contribution in [3.05, 3.63) is 0 Å². The van der Waals surface area contributed by atoms with Crippen LogP contribution >= 0.6 is 0 Å². The topological polar surface area (TPSA) is 89.8 Å². The number of aliphatic hydroxyl groups is 3. The van der Waals surface area contributed by atoms with E-state index in [1.54, 1.807) is 0 Å². The first-order valence-electron chi connectivity index (χ1n) is 24.3. The second-order valence-electron chi connectivity index (χ2n) is 17.0. The van der Waals surface area contributed by atoms with Crippen molar-refractivity contribution in [3.63, 3.8) is 0 Å². The zero-order valence-corrected chi connectivity index (χ0v) is 36.2. The summed E-state index contributed by atoms with van der Waals surface area (Å²) in [6.07, 6.45) is 50.8. The van der Waals surface area contributed by atoms with Gasteiger partial charge in [0, 0.05) is 6.42 Å². The largest absolute Gasteiger partial charge is 0.394 e. The van der Waals surface area contributed by atoms with Crippen molar-refractivity contribution in [3.8, 4) is 0 Å². The van der Waals surface area contributed by atoms with Gasteiger partial charge in [0.2, 0.25) is 5.91 Å². The molecule has 0 aliphatic heterocycles. The minimum atomic E-state index is -1.13. The predicted octanol–water partition coefficient (Wildman–Crippen LogP) is 14.2. The zero-order valence-electron chi connectivity index (χ0n) is 36.2. The standard InChI is InChI=1S/C48H97NO4/c1-3-5-7-9-11-13-15-17-19-21-22-23-24-25-27-28-30-32-34-36-38-40-42-46(51)48(53)45(44-50)49-47(52)43-41-39-37-35-33-31-29-26-20-18-16-14-12-10-8-6-4-2/h45-46,48,50-51,53H,3-44H2,1-2H3,(H,49,52). The van der Waals surface area contributed by atoms with Crippen LogP contribution in [-0.4, -0.2) is 46.1 Å². The van der Waals surface area contributed by atoms with Gasteiger partial charge in [-0.2, -0.15) is 0 Å². The summed E-state index contributed by atoms with van der Waals surface area (Å²) in [7, 11) is 0. The highest BCUT2D eigenvalue weighted by molar-refractivity contribution is 5.76. The van der Waals surface area contributed by atoms with E-state index in [9.17, 15) is 20.1 Å².